The Kier molecular flexibility index (Phi) is 6.83. The molecule has 0 bridgehead atoms. The number of nitrogens with one attached hydrogen (secondary N) is 3. The minimum atomic E-state index is -4.43. The first-order valence-electron chi connectivity index (χ1n) is 6.28. The molecule has 1 heterocycles. The first-order valence-corrected chi connectivity index (χ1v) is 6.66. The molecule has 0 aliphatic rings. The Labute approximate surface area is 135 Å². The second kappa shape index (κ2) is 8.37. The van der Waals surface area contributed by atoms with E-state index in [0.717, 1.165) is 0 Å². The maximum absolute atomic E-state index is 12.1. The Morgan fingerprint density at radius 3 is 2.74 bits per heavy atom. The molecule has 1 amide bonds. The maximum Gasteiger partial charge on any atom is 0.389 e. The van der Waals surface area contributed by atoms with Crippen molar-refractivity contribution >= 4 is 28.4 Å². The molecule has 10 heteroatoms. The van der Waals surface area contributed by atoms with E-state index in [4.69, 9.17) is 21.7 Å². The van der Waals surface area contributed by atoms with Crippen LogP contribution < -0.4 is 15.4 Å². The highest BCUT2D eigenvalue weighted by molar-refractivity contribution is 6.68. The minimum absolute atomic E-state index is 0.165. The summed E-state index contributed by atoms with van der Waals surface area (Å²) >= 11 is 5.50. The molecule has 0 aliphatic heterocycles. The van der Waals surface area contributed by atoms with Crippen LogP contribution in [0.1, 0.15) is 12.8 Å². The standard InChI is InChI=1S/C13H14ClF3N4O2/c1-23-9-4-8(5-19-6-9)20-7-10(12(14)18)21-11(22)2-3-13(15,16)17/h4-7,18,20H,2-3H2,1H3,(H,21,22)/b10-7+,18-12?. The fourth-order valence-corrected chi connectivity index (χ4v) is 1.49. The van der Waals surface area contributed by atoms with E-state index in [1.165, 1.54) is 25.7 Å². The van der Waals surface area contributed by atoms with Crippen molar-refractivity contribution in [2.75, 3.05) is 12.4 Å². The lowest BCUT2D eigenvalue weighted by Crippen LogP contribution is -2.27. The number of halogens is 4. The molecule has 1 aromatic heterocycles. The summed E-state index contributed by atoms with van der Waals surface area (Å²) in [6.45, 7) is 0. The van der Waals surface area contributed by atoms with Crippen LogP contribution in [0.2, 0.25) is 0 Å². The Morgan fingerprint density at radius 1 is 1.48 bits per heavy atom. The van der Waals surface area contributed by atoms with E-state index < -0.39 is 30.1 Å². The van der Waals surface area contributed by atoms with Gasteiger partial charge in [0.1, 0.15) is 10.9 Å². The van der Waals surface area contributed by atoms with Crippen molar-refractivity contribution in [3.05, 3.63) is 30.4 Å². The number of hydrogen-bond donors (Lipinski definition) is 3. The number of aromatic nitrogens is 1. The number of hydrogen-bond acceptors (Lipinski definition) is 5. The number of anilines is 1. The molecular weight excluding hydrogens is 337 g/mol. The van der Waals surface area contributed by atoms with Crippen LogP contribution in [0.3, 0.4) is 0 Å². The molecule has 0 aliphatic carbocycles. The van der Waals surface area contributed by atoms with Crippen LogP contribution in [0.5, 0.6) is 5.75 Å². The van der Waals surface area contributed by atoms with Crippen molar-refractivity contribution in [2.24, 2.45) is 0 Å². The molecule has 1 rings (SSSR count). The smallest absolute Gasteiger partial charge is 0.389 e. The van der Waals surface area contributed by atoms with Crippen LogP contribution in [0.4, 0.5) is 18.9 Å². The number of nitrogens with zero attached hydrogens (tertiary/aromatic N) is 1. The topological polar surface area (TPSA) is 87.1 Å². The first kappa shape index (κ1) is 18.8. The number of allylic oxidation sites excluding steroid dienone is 1. The highest BCUT2D eigenvalue weighted by Crippen LogP contribution is 2.21. The number of amides is 1. The molecule has 23 heavy (non-hydrogen) atoms. The molecule has 0 fully saturated rings. The van der Waals surface area contributed by atoms with Crippen LogP contribution in [-0.2, 0) is 4.79 Å². The van der Waals surface area contributed by atoms with Gasteiger partial charge in [0.2, 0.25) is 5.91 Å². The molecule has 0 saturated carbocycles. The summed E-state index contributed by atoms with van der Waals surface area (Å²) in [5.74, 6) is -0.426. The first-order chi connectivity index (χ1) is 10.7. The van der Waals surface area contributed by atoms with Crippen molar-refractivity contribution in [3.8, 4) is 5.75 Å². The van der Waals surface area contributed by atoms with E-state index in [1.54, 1.807) is 6.07 Å². The molecule has 0 unspecified atom stereocenters. The molecule has 0 atom stereocenters. The number of carbonyl (C=O) groups is 1. The Balaban J connectivity index is 2.70. The van der Waals surface area contributed by atoms with Crippen LogP contribution in [0.15, 0.2) is 30.4 Å². The van der Waals surface area contributed by atoms with Gasteiger partial charge in [-0.2, -0.15) is 13.2 Å². The Bertz CT molecular complexity index is 605. The van der Waals surface area contributed by atoms with Gasteiger partial charge in [-0.05, 0) is 0 Å². The molecule has 0 saturated heterocycles. The molecular formula is C13H14ClF3N4O2. The van der Waals surface area contributed by atoms with Gasteiger partial charge in [0.15, 0.2) is 0 Å². The van der Waals surface area contributed by atoms with Gasteiger partial charge in [0, 0.05) is 18.7 Å². The summed E-state index contributed by atoms with van der Waals surface area (Å²) < 4.78 is 41.1. The van der Waals surface area contributed by atoms with E-state index in [1.807, 2.05) is 0 Å². The molecule has 0 aromatic carbocycles. The van der Waals surface area contributed by atoms with Gasteiger partial charge in [-0.15, -0.1) is 0 Å². The lowest BCUT2D eigenvalue weighted by molar-refractivity contribution is -0.143. The largest absolute Gasteiger partial charge is 0.495 e. The second-order valence-corrected chi connectivity index (χ2v) is 4.67. The summed E-state index contributed by atoms with van der Waals surface area (Å²) in [7, 11) is 1.46. The minimum Gasteiger partial charge on any atom is -0.495 e. The van der Waals surface area contributed by atoms with Crippen molar-refractivity contribution < 1.29 is 22.7 Å². The van der Waals surface area contributed by atoms with Gasteiger partial charge in [0.05, 0.1) is 37.3 Å². The number of rotatable bonds is 7. The Hall–Kier alpha value is -2.29. The molecule has 3 N–H and O–H groups in total. The normalized spacial score (nSPS) is 11.8. The van der Waals surface area contributed by atoms with Gasteiger partial charge in [-0.1, -0.05) is 11.6 Å². The molecule has 0 spiro atoms. The van der Waals surface area contributed by atoms with E-state index in [0.29, 0.717) is 11.4 Å². The SMILES string of the molecule is COc1cncc(N/C=C(/NC(=O)CCC(F)(F)F)C(=N)Cl)c1. The van der Waals surface area contributed by atoms with E-state index >= 15 is 0 Å². The number of methoxy groups -OCH3 is 1. The molecule has 1 aromatic rings. The number of ether oxygens (including phenoxy) is 1. The number of pyridine rings is 1. The quantitative estimate of drug-likeness (QED) is 0.660. The summed E-state index contributed by atoms with van der Waals surface area (Å²) in [4.78, 5) is 15.3. The van der Waals surface area contributed by atoms with Crippen LogP contribution in [0.25, 0.3) is 0 Å². The van der Waals surface area contributed by atoms with Crippen LogP contribution in [0, 0.1) is 5.41 Å². The predicted molar refractivity (Wildman–Crippen MR) is 79.5 cm³/mol. The zero-order valence-electron chi connectivity index (χ0n) is 12.0. The summed E-state index contributed by atoms with van der Waals surface area (Å²) in [5.41, 5.74) is 0.311. The van der Waals surface area contributed by atoms with E-state index in [-0.39, 0.29) is 5.70 Å². The molecule has 0 radical (unpaired) electrons. The highest BCUT2D eigenvalue weighted by Gasteiger charge is 2.28. The summed E-state index contributed by atoms with van der Waals surface area (Å²) in [6, 6.07) is 1.59. The third-order valence-corrected chi connectivity index (χ3v) is 2.68. The fourth-order valence-electron chi connectivity index (χ4n) is 1.39. The third-order valence-electron chi connectivity index (χ3n) is 2.48. The number of carbonyl (C=O) groups excluding carboxylic acids is 1. The fraction of sp³-hybridized carbons (Fsp3) is 0.308. The lowest BCUT2D eigenvalue weighted by Gasteiger charge is -2.10. The van der Waals surface area contributed by atoms with Crippen molar-refractivity contribution in [1.82, 2.24) is 10.3 Å². The summed E-state index contributed by atoms with van der Waals surface area (Å²) in [5, 5.41) is 11.6. The number of alkyl halides is 3. The third kappa shape index (κ3) is 7.50. The molecule has 126 valence electrons. The van der Waals surface area contributed by atoms with Gasteiger partial charge in [-0.3, -0.25) is 15.2 Å². The van der Waals surface area contributed by atoms with Crippen molar-refractivity contribution in [2.45, 2.75) is 19.0 Å². The lowest BCUT2D eigenvalue weighted by atomic mass is 10.3. The van der Waals surface area contributed by atoms with Gasteiger partial charge in [0.25, 0.3) is 0 Å². The molecule has 6 nitrogen and oxygen atoms in total. The van der Waals surface area contributed by atoms with E-state index in [2.05, 4.69) is 15.6 Å². The maximum atomic E-state index is 12.1. The van der Waals surface area contributed by atoms with Gasteiger partial charge in [-0.25, -0.2) is 0 Å². The predicted octanol–water partition coefficient (Wildman–Crippen LogP) is 3.02. The zero-order valence-corrected chi connectivity index (χ0v) is 12.8. The summed E-state index contributed by atoms with van der Waals surface area (Å²) in [6.07, 6.45) is -2.35. The average Bonchev–Trinajstić information content (AvgIpc) is 2.48. The zero-order chi connectivity index (χ0) is 17.5. The highest BCUT2D eigenvalue weighted by atomic mass is 35.5. The van der Waals surface area contributed by atoms with Gasteiger partial charge >= 0.3 is 6.18 Å². The van der Waals surface area contributed by atoms with E-state index in [9.17, 15) is 18.0 Å². The monoisotopic (exact) mass is 350 g/mol. The Morgan fingerprint density at radius 2 is 2.17 bits per heavy atom. The average molecular weight is 351 g/mol. The van der Waals surface area contributed by atoms with Crippen LogP contribution in [-0.4, -0.2) is 29.3 Å². The van der Waals surface area contributed by atoms with Crippen molar-refractivity contribution in [1.29, 1.82) is 5.41 Å². The van der Waals surface area contributed by atoms with Crippen LogP contribution >= 0.6 is 11.6 Å². The van der Waals surface area contributed by atoms with Crippen molar-refractivity contribution in [3.63, 3.8) is 0 Å². The second-order valence-electron chi connectivity index (χ2n) is 4.29. The van der Waals surface area contributed by atoms with Gasteiger partial charge < -0.3 is 15.4 Å².